The van der Waals surface area contributed by atoms with E-state index >= 15 is 4.39 Å². The third kappa shape index (κ3) is 4.22. The molecule has 35 heavy (non-hydrogen) atoms. The van der Waals surface area contributed by atoms with Crippen molar-refractivity contribution in [1.29, 1.82) is 0 Å². The van der Waals surface area contributed by atoms with Crippen LogP contribution in [0.25, 0.3) is 0 Å². The number of nitrogens with zero attached hydrogens (tertiary/aromatic N) is 4. The molecule has 5 rings (SSSR count). The van der Waals surface area contributed by atoms with Gasteiger partial charge in [0.15, 0.2) is 0 Å². The number of aromatic nitrogens is 2. The molecule has 6 unspecified atom stereocenters. The molecular weight excluding hydrogens is 501 g/mol. The number of fused-ring (bicyclic) bond motifs is 1. The van der Waals surface area contributed by atoms with Gasteiger partial charge in [0.05, 0.1) is 24.4 Å². The third-order valence-corrected chi connectivity index (χ3v) is 11.3. The number of rotatable bonds is 4. The summed E-state index contributed by atoms with van der Waals surface area (Å²) in [7, 11) is -6.23. The lowest BCUT2D eigenvalue weighted by atomic mass is 9.63. The molecule has 0 aromatic carbocycles. The molecule has 0 radical (unpaired) electrons. The largest absolute Gasteiger partial charge is 0.391 e. The SMILES string of the molecule is Cc1nn(C)cc1S(=O)(=O)N1CC=C(C2CCC3CC(O)C(N4CC(=O)NS4(=O)=O)C(F)C3C2)C1. The van der Waals surface area contributed by atoms with Gasteiger partial charge in [0.25, 0.3) is 0 Å². The van der Waals surface area contributed by atoms with Gasteiger partial charge in [0.2, 0.25) is 15.9 Å². The maximum Gasteiger partial charge on any atom is 0.304 e. The molecule has 4 aliphatic rings. The van der Waals surface area contributed by atoms with Crippen molar-refractivity contribution in [2.24, 2.45) is 24.8 Å². The molecule has 1 amide bonds. The van der Waals surface area contributed by atoms with Gasteiger partial charge < -0.3 is 5.11 Å². The molecule has 2 saturated carbocycles. The lowest BCUT2D eigenvalue weighted by Crippen LogP contribution is -2.58. The van der Waals surface area contributed by atoms with E-state index in [1.807, 2.05) is 10.8 Å². The van der Waals surface area contributed by atoms with Gasteiger partial charge in [-0.3, -0.25) is 9.48 Å². The molecule has 14 heteroatoms. The van der Waals surface area contributed by atoms with Crippen LogP contribution in [0.4, 0.5) is 4.39 Å². The van der Waals surface area contributed by atoms with Gasteiger partial charge in [-0.1, -0.05) is 11.6 Å². The van der Waals surface area contributed by atoms with E-state index < -0.39 is 56.9 Å². The molecule has 11 nitrogen and oxygen atoms in total. The van der Waals surface area contributed by atoms with E-state index in [-0.39, 0.29) is 36.2 Å². The first kappa shape index (κ1) is 24.8. The molecule has 194 valence electrons. The van der Waals surface area contributed by atoms with Crippen molar-refractivity contribution < 1.29 is 31.1 Å². The topological polar surface area (TPSA) is 142 Å². The summed E-state index contributed by atoms with van der Waals surface area (Å²) in [5.41, 5.74) is 1.37. The number of alkyl halides is 1. The van der Waals surface area contributed by atoms with Gasteiger partial charge in [-0.05, 0) is 50.4 Å². The Morgan fingerprint density at radius 3 is 2.60 bits per heavy atom. The number of carbonyl (C=O) groups excluding carboxylic acids is 1. The van der Waals surface area contributed by atoms with Gasteiger partial charge in [-0.15, -0.1) is 0 Å². The highest BCUT2D eigenvalue weighted by molar-refractivity contribution is 7.89. The molecule has 0 bridgehead atoms. The quantitative estimate of drug-likeness (QED) is 0.514. The van der Waals surface area contributed by atoms with Gasteiger partial charge in [0.1, 0.15) is 11.1 Å². The Kier molecular flexibility index (Phi) is 6.10. The lowest BCUT2D eigenvalue weighted by molar-refractivity contribution is -0.119. The molecule has 2 aliphatic heterocycles. The van der Waals surface area contributed by atoms with Crippen LogP contribution in [0.15, 0.2) is 22.7 Å². The fraction of sp³-hybridized carbons (Fsp3) is 0.714. The number of hydrogen-bond donors (Lipinski definition) is 2. The van der Waals surface area contributed by atoms with Crippen molar-refractivity contribution in [3.8, 4) is 0 Å². The van der Waals surface area contributed by atoms with Gasteiger partial charge in [-0.2, -0.15) is 22.1 Å². The number of carbonyl (C=O) groups is 1. The van der Waals surface area contributed by atoms with E-state index in [4.69, 9.17) is 0 Å². The summed E-state index contributed by atoms with van der Waals surface area (Å²) in [4.78, 5) is 11.8. The predicted octanol–water partition coefficient (Wildman–Crippen LogP) is -0.160. The van der Waals surface area contributed by atoms with Crippen molar-refractivity contribution in [2.75, 3.05) is 19.6 Å². The molecule has 1 aromatic heterocycles. The second kappa shape index (κ2) is 8.61. The van der Waals surface area contributed by atoms with Crippen LogP contribution in [0, 0.1) is 24.7 Å². The lowest BCUT2D eigenvalue weighted by Gasteiger charge is -2.48. The molecular formula is C21H30FN5O6S2. The summed E-state index contributed by atoms with van der Waals surface area (Å²) in [5.74, 6) is -1.36. The summed E-state index contributed by atoms with van der Waals surface area (Å²) in [5, 5.41) is 14.7. The van der Waals surface area contributed by atoms with Crippen LogP contribution < -0.4 is 4.72 Å². The first-order valence-electron chi connectivity index (χ1n) is 11.7. The number of aliphatic hydroxyl groups excluding tert-OH is 1. The molecule has 3 heterocycles. The maximum absolute atomic E-state index is 15.8. The Hall–Kier alpha value is -1.87. The number of hydrogen-bond acceptors (Lipinski definition) is 7. The Balaban J connectivity index is 1.30. The smallest absolute Gasteiger partial charge is 0.304 e. The third-order valence-electron chi connectivity index (χ3n) is 7.93. The number of aliphatic hydroxyl groups is 1. The van der Waals surface area contributed by atoms with Gasteiger partial charge >= 0.3 is 10.2 Å². The highest BCUT2D eigenvalue weighted by Gasteiger charge is 2.54. The second-order valence-corrected chi connectivity index (χ2v) is 13.6. The van der Waals surface area contributed by atoms with Crippen LogP contribution in [-0.2, 0) is 32.1 Å². The average Bonchev–Trinajstić information content (AvgIpc) is 3.45. The molecule has 3 fully saturated rings. The Bertz CT molecular complexity index is 1280. The molecule has 2 aliphatic carbocycles. The zero-order valence-corrected chi connectivity index (χ0v) is 21.2. The van der Waals surface area contributed by atoms with Crippen LogP contribution in [-0.4, -0.2) is 84.2 Å². The molecule has 0 spiro atoms. The highest BCUT2D eigenvalue weighted by atomic mass is 32.2. The summed E-state index contributed by atoms with van der Waals surface area (Å²) < 4.78 is 72.2. The minimum absolute atomic E-state index is 0.0319. The number of nitrogens with one attached hydrogen (secondary N) is 1. The van der Waals surface area contributed by atoms with E-state index in [0.29, 0.717) is 18.5 Å². The number of halogens is 1. The zero-order chi connectivity index (χ0) is 25.3. The fourth-order valence-corrected chi connectivity index (χ4v) is 9.18. The summed E-state index contributed by atoms with van der Waals surface area (Å²) in [6.07, 6.45) is 2.67. The number of sulfonamides is 1. The summed E-state index contributed by atoms with van der Waals surface area (Å²) >= 11 is 0. The van der Waals surface area contributed by atoms with Gasteiger partial charge in [0, 0.05) is 26.3 Å². The first-order chi connectivity index (χ1) is 16.4. The van der Waals surface area contributed by atoms with E-state index in [1.54, 1.807) is 14.0 Å². The molecule has 1 saturated heterocycles. The van der Waals surface area contributed by atoms with Crippen LogP contribution >= 0.6 is 0 Å². The number of aryl methyl sites for hydroxylation is 2. The van der Waals surface area contributed by atoms with E-state index in [1.165, 1.54) is 15.2 Å². The van der Waals surface area contributed by atoms with Crippen LogP contribution in [0.5, 0.6) is 0 Å². The van der Waals surface area contributed by atoms with E-state index in [2.05, 4.69) is 5.10 Å². The summed E-state index contributed by atoms with van der Waals surface area (Å²) in [6, 6.07) is -1.32. The van der Waals surface area contributed by atoms with Crippen molar-refractivity contribution >= 4 is 26.1 Å². The summed E-state index contributed by atoms with van der Waals surface area (Å²) in [6.45, 7) is 1.60. The average molecular weight is 532 g/mol. The minimum Gasteiger partial charge on any atom is -0.391 e. The Morgan fingerprint density at radius 1 is 1.23 bits per heavy atom. The first-order valence-corrected chi connectivity index (χ1v) is 14.6. The highest BCUT2D eigenvalue weighted by Crippen LogP contribution is 2.48. The van der Waals surface area contributed by atoms with Crippen LogP contribution in [0.1, 0.15) is 31.4 Å². The van der Waals surface area contributed by atoms with E-state index in [9.17, 15) is 26.7 Å². The molecule has 1 aromatic rings. The van der Waals surface area contributed by atoms with Crippen molar-refractivity contribution in [3.63, 3.8) is 0 Å². The zero-order valence-electron chi connectivity index (χ0n) is 19.5. The standard InChI is InChI=1S/C21H30FN5O6S2/c1-12-18(10-25(2)23-12)34(30,31)26-6-5-15(9-26)13-3-4-14-8-17(28)21(20(22)16(14)7-13)27-11-19(29)24-35(27,32)33/h5,10,13-14,16-17,20-21,28H,3-4,6-9,11H2,1-2H3,(H,24,29). The normalized spacial score (nSPS) is 36.1. The Labute approximate surface area is 204 Å². The Morgan fingerprint density at radius 2 is 1.97 bits per heavy atom. The van der Waals surface area contributed by atoms with Crippen LogP contribution in [0.3, 0.4) is 0 Å². The minimum atomic E-state index is -4.18. The fourth-order valence-electron chi connectivity index (χ4n) is 6.28. The molecule has 2 N–H and O–H groups in total. The van der Waals surface area contributed by atoms with Gasteiger partial charge in [-0.25, -0.2) is 17.5 Å². The predicted molar refractivity (Wildman–Crippen MR) is 122 cm³/mol. The van der Waals surface area contributed by atoms with Crippen molar-refractivity contribution in [2.45, 2.75) is 55.8 Å². The van der Waals surface area contributed by atoms with Crippen molar-refractivity contribution in [1.82, 2.24) is 23.1 Å². The molecule has 6 atom stereocenters. The monoisotopic (exact) mass is 531 g/mol. The van der Waals surface area contributed by atoms with Crippen molar-refractivity contribution in [3.05, 3.63) is 23.5 Å². The number of amides is 1. The maximum atomic E-state index is 15.8. The van der Waals surface area contributed by atoms with E-state index in [0.717, 1.165) is 16.3 Å². The van der Waals surface area contributed by atoms with Crippen LogP contribution in [0.2, 0.25) is 0 Å². The second-order valence-electron chi connectivity index (χ2n) is 10.1.